The van der Waals surface area contributed by atoms with Crippen molar-refractivity contribution in [3.8, 4) is 44.5 Å². The van der Waals surface area contributed by atoms with Crippen LogP contribution in [0.15, 0.2) is 243 Å². The van der Waals surface area contributed by atoms with E-state index in [1.807, 2.05) is 22.7 Å². The number of hydrogen-bond donors (Lipinski definition) is 0. The van der Waals surface area contributed by atoms with E-state index >= 15 is 0 Å². The van der Waals surface area contributed by atoms with Crippen LogP contribution in [0.1, 0.15) is 0 Å². The van der Waals surface area contributed by atoms with Crippen molar-refractivity contribution in [2.45, 2.75) is 0 Å². The maximum atomic E-state index is 2.44. The summed E-state index contributed by atoms with van der Waals surface area (Å²) in [6.07, 6.45) is 0. The van der Waals surface area contributed by atoms with E-state index in [-0.39, 0.29) is 0 Å². The first-order chi connectivity index (χ1) is 33.7. The summed E-state index contributed by atoms with van der Waals surface area (Å²) in [5.41, 5.74) is 16.6. The minimum Gasteiger partial charge on any atom is -0.310 e. The van der Waals surface area contributed by atoms with Gasteiger partial charge in [0.1, 0.15) is 0 Å². The molecule has 0 N–H and O–H groups in total. The van der Waals surface area contributed by atoms with Crippen LogP contribution in [0.3, 0.4) is 0 Å². The highest BCUT2D eigenvalue weighted by molar-refractivity contribution is 7.26. The average molecular weight is 901 g/mol. The van der Waals surface area contributed by atoms with Crippen molar-refractivity contribution in [3.05, 3.63) is 243 Å². The molecule has 1 aliphatic heterocycles. The monoisotopic (exact) mass is 900 g/mol. The van der Waals surface area contributed by atoms with Gasteiger partial charge >= 0.3 is 0 Å². The third-order valence-corrected chi connectivity index (χ3v) is 16.0. The molecule has 0 amide bonds. The van der Waals surface area contributed by atoms with Crippen LogP contribution >= 0.6 is 22.7 Å². The van der Waals surface area contributed by atoms with Crippen molar-refractivity contribution in [2.75, 3.05) is 9.80 Å². The lowest BCUT2D eigenvalue weighted by Gasteiger charge is -2.34. The van der Waals surface area contributed by atoms with E-state index in [0.717, 1.165) is 22.7 Å². The first-order valence-corrected chi connectivity index (χ1v) is 24.8. The molecule has 14 rings (SSSR count). The molecule has 0 bridgehead atoms. The van der Waals surface area contributed by atoms with Crippen LogP contribution < -0.4 is 9.80 Å². The Bertz CT molecular complexity index is 3990. The number of fused-ring (bicyclic) bond motifs is 8. The summed E-state index contributed by atoms with van der Waals surface area (Å²) >= 11 is 3.73. The van der Waals surface area contributed by atoms with Crippen LogP contribution in [0.4, 0.5) is 34.1 Å². The molecule has 1 aliphatic rings. The zero-order chi connectivity index (χ0) is 44.7. The zero-order valence-corrected chi connectivity index (χ0v) is 38.4. The Hall–Kier alpha value is -8.28. The summed E-state index contributed by atoms with van der Waals surface area (Å²) in [5, 5.41) is 7.74. The van der Waals surface area contributed by atoms with Crippen LogP contribution in [-0.4, -0.2) is 0 Å². The molecule has 0 radical (unpaired) electrons. The maximum Gasteiger partial charge on any atom is 0.0546 e. The quantitative estimate of drug-likeness (QED) is 0.157. The van der Waals surface area contributed by atoms with Gasteiger partial charge in [-0.1, -0.05) is 158 Å². The first-order valence-electron chi connectivity index (χ1n) is 23.1. The van der Waals surface area contributed by atoms with Crippen LogP contribution in [-0.2, 0) is 0 Å². The second-order valence-corrected chi connectivity index (χ2v) is 19.9. The van der Waals surface area contributed by atoms with Gasteiger partial charge in [-0.2, -0.15) is 0 Å². The van der Waals surface area contributed by atoms with Crippen LogP contribution in [0.2, 0.25) is 0 Å². The Labute approximate surface area is 402 Å². The summed E-state index contributed by atoms with van der Waals surface area (Å²) < 4.78 is 5.20. The van der Waals surface area contributed by atoms with Crippen molar-refractivity contribution in [3.63, 3.8) is 0 Å². The number of hydrogen-bond acceptors (Lipinski definition) is 4. The van der Waals surface area contributed by atoms with Gasteiger partial charge in [0, 0.05) is 74.0 Å². The Morgan fingerprint density at radius 3 is 1.50 bits per heavy atom. The molecule has 0 fully saturated rings. The lowest BCUT2D eigenvalue weighted by Crippen LogP contribution is -2.15. The minimum atomic E-state index is 1.12. The molecule has 3 heterocycles. The van der Waals surface area contributed by atoms with Gasteiger partial charge in [-0.05, 0) is 129 Å². The van der Waals surface area contributed by atoms with E-state index in [1.165, 1.54) is 107 Å². The van der Waals surface area contributed by atoms with Crippen molar-refractivity contribution < 1.29 is 0 Å². The molecule has 0 spiro atoms. The lowest BCUT2D eigenvalue weighted by molar-refractivity contribution is 1.28. The van der Waals surface area contributed by atoms with Crippen molar-refractivity contribution in [1.82, 2.24) is 0 Å². The van der Waals surface area contributed by atoms with Gasteiger partial charge in [0.15, 0.2) is 0 Å². The van der Waals surface area contributed by atoms with E-state index in [4.69, 9.17) is 0 Å². The average Bonchev–Trinajstić information content (AvgIpc) is 3.97. The highest BCUT2D eigenvalue weighted by Gasteiger charge is 2.27. The minimum absolute atomic E-state index is 1.12. The molecule has 11 aromatic carbocycles. The topological polar surface area (TPSA) is 6.48 Å². The van der Waals surface area contributed by atoms with Crippen LogP contribution in [0.25, 0.3) is 95.6 Å². The molecule has 318 valence electrons. The van der Waals surface area contributed by atoms with Gasteiger partial charge < -0.3 is 9.80 Å². The van der Waals surface area contributed by atoms with E-state index in [0.29, 0.717) is 0 Å². The van der Waals surface area contributed by atoms with E-state index in [2.05, 4.69) is 252 Å². The Morgan fingerprint density at radius 1 is 0.294 bits per heavy atom. The molecule has 13 aromatic rings. The van der Waals surface area contributed by atoms with E-state index in [1.54, 1.807) is 0 Å². The van der Waals surface area contributed by atoms with Gasteiger partial charge in [0.05, 0.1) is 11.4 Å². The molecule has 2 aromatic heterocycles. The number of nitrogens with zero attached hydrogens (tertiary/aromatic N) is 2. The smallest absolute Gasteiger partial charge is 0.0546 e. The SMILES string of the molecule is c1ccc(-c2ccc(N3c4ccc(-c5cccc(-c6cccc(N(c7ccc8c(c7)sc7ccccc78)c7ccc8c(c7)sc7ccccc78)c6)c5)cc4-c4cccc5cccc3c45)cc2)cc1. The second kappa shape index (κ2) is 15.7. The third-order valence-electron chi connectivity index (χ3n) is 13.8. The number of benzene rings is 11. The molecule has 0 saturated carbocycles. The van der Waals surface area contributed by atoms with E-state index in [9.17, 15) is 0 Å². The fourth-order valence-corrected chi connectivity index (χ4v) is 12.8. The predicted octanol–water partition coefficient (Wildman–Crippen LogP) is 19.5. The van der Waals surface area contributed by atoms with Crippen LogP contribution in [0.5, 0.6) is 0 Å². The van der Waals surface area contributed by atoms with Crippen LogP contribution in [0, 0.1) is 0 Å². The summed E-state index contributed by atoms with van der Waals surface area (Å²) in [4.78, 5) is 4.87. The summed E-state index contributed by atoms with van der Waals surface area (Å²) in [6, 6.07) is 89.6. The third kappa shape index (κ3) is 6.37. The molecule has 4 heteroatoms. The number of thiophene rings is 2. The standard InChI is InChI=1S/C64H40N2S2/c1-2-12-41(13-3-1)42-26-29-48(30-27-42)66-58-35-28-47(38-57(58)56-22-10-14-43-15-11-23-59(66)64(43)56)45-17-8-16-44(36-45)46-18-9-19-49(37-46)65(50-31-33-54-52-20-4-6-24-60(52)67-62(54)39-50)51-32-34-55-53-21-5-7-25-61(53)68-63(55)40-51/h1-40H. The number of anilines is 6. The van der Waals surface area contributed by atoms with E-state index < -0.39 is 0 Å². The summed E-state index contributed by atoms with van der Waals surface area (Å²) in [7, 11) is 0. The normalized spacial score (nSPS) is 12.1. The van der Waals surface area contributed by atoms with Gasteiger partial charge in [-0.15, -0.1) is 22.7 Å². The highest BCUT2D eigenvalue weighted by atomic mass is 32.1. The highest BCUT2D eigenvalue weighted by Crippen LogP contribution is 2.52. The molecular weight excluding hydrogens is 861 g/mol. The summed E-state index contributed by atoms with van der Waals surface area (Å²) in [6.45, 7) is 0. The Balaban J connectivity index is 0.866. The molecule has 68 heavy (non-hydrogen) atoms. The van der Waals surface area contributed by atoms with Crippen molar-refractivity contribution in [2.24, 2.45) is 0 Å². The number of rotatable bonds is 7. The fourth-order valence-electron chi connectivity index (χ4n) is 10.6. The van der Waals surface area contributed by atoms with Gasteiger partial charge in [0.2, 0.25) is 0 Å². The molecule has 0 saturated heterocycles. The van der Waals surface area contributed by atoms with Gasteiger partial charge in [-0.3, -0.25) is 0 Å². The molecule has 0 aliphatic carbocycles. The van der Waals surface area contributed by atoms with Crippen molar-refractivity contribution >= 4 is 108 Å². The predicted molar refractivity (Wildman–Crippen MR) is 294 cm³/mol. The molecule has 0 unspecified atom stereocenters. The van der Waals surface area contributed by atoms with Gasteiger partial charge in [-0.25, -0.2) is 0 Å². The maximum absolute atomic E-state index is 2.44. The molecule has 0 atom stereocenters. The fraction of sp³-hybridized carbons (Fsp3) is 0. The zero-order valence-electron chi connectivity index (χ0n) is 36.8. The first kappa shape index (κ1) is 38.9. The largest absolute Gasteiger partial charge is 0.310 e. The Kier molecular flexibility index (Phi) is 8.98. The summed E-state index contributed by atoms with van der Waals surface area (Å²) in [5.74, 6) is 0. The molecular formula is C64H40N2S2. The lowest BCUT2D eigenvalue weighted by atomic mass is 9.88. The van der Waals surface area contributed by atoms with Crippen molar-refractivity contribution in [1.29, 1.82) is 0 Å². The molecule has 2 nitrogen and oxygen atoms in total. The Morgan fingerprint density at radius 2 is 0.809 bits per heavy atom. The second-order valence-electron chi connectivity index (χ2n) is 17.7. The van der Waals surface area contributed by atoms with Gasteiger partial charge in [0.25, 0.3) is 0 Å².